The minimum Gasteiger partial charge on any atom is -0.356 e. The zero-order valence-electron chi connectivity index (χ0n) is 12.5. The van der Waals surface area contributed by atoms with Crippen LogP contribution in [0.2, 0.25) is 0 Å². The van der Waals surface area contributed by atoms with Gasteiger partial charge in [-0.15, -0.1) is 0 Å². The molecule has 1 aliphatic rings. The Hall–Kier alpha value is -2.16. The van der Waals surface area contributed by atoms with Gasteiger partial charge < -0.3 is 5.32 Å². The first-order valence-electron chi connectivity index (χ1n) is 7.78. The van der Waals surface area contributed by atoms with Gasteiger partial charge in [-0.05, 0) is 47.9 Å². The van der Waals surface area contributed by atoms with E-state index in [1.807, 2.05) is 30.3 Å². The molecule has 1 fully saturated rings. The highest BCUT2D eigenvalue weighted by Crippen LogP contribution is 2.34. The van der Waals surface area contributed by atoms with Crippen molar-refractivity contribution in [3.63, 3.8) is 0 Å². The third kappa shape index (κ3) is 3.53. The first kappa shape index (κ1) is 14.8. The van der Waals surface area contributed by atoms with Crippen LogP contribution in [0.1, 0.15) is 29.9 Å². The first-order chi connectivity index (χ1) is 10.7. The van der Waals surface area contributed by atoms with E-state index in [2.05, 4.69) is 17.4 Å². The van der Waals surface area contributed by atoms with Crippen LogP contribution in [0.15, 0.2) is 54.6 Å². The quantitative estimate of drug-likeness (QED) is 0.916. The number of carbonyl (C=O) groups is 1. The van der Waals surface area contributed by atoms with Gasteiger partial charge in [0.05, 0.1) is 0 Å². The van der Waals surface area contributed by atoms with Crippen LogP contribution in [-0.2, 0) is 11.2 Å². The monoisotopic (exact) mass is 297 g/mol. The Bertz CT molecular complexity index is 624. The number of hydrogen-bond donors (Lipinski definition) is 1. The summed E-state index contributed by atoms with van der Waals surface area (Å²) in [4.78, 5) is 11.7. The summed E-state index contributed by atoms with van der Waals surface area (Å²) in [5, 5.41) is 2.90. The number of nitrogens with one attached hydrogen (secondary N) is 1. The van der Waals surface area contributed by atoms with Crippen molar-refractivity contribution in [3.05, 3.63) is 71.5 Å². The Morgan fingerprint density at radius 2 is 1.82 bits per heavy atom. The molecular weight excluding hydrogens is 277 g/mol. The molecule has 0 spiro atoms. The number of rotatable bonds is 4. The first-order valence-corrected chi connectivity index (χ1v) is 7.78. The van der Waals surface area contributed by atoms with Gasteiger partial charge in [0.15, 0.2) is 0 Å². The molecule has 2 aromatic rings. The van der Waals surface area contributed by atoms with Crippen molar-refractivity contribution in [2.24, 2.45) is 5.92 Å². The molecule has 22 heavy (non-hydrogen) atoms. The molecule has 3 rings (SSSR count). The second-order valence-electron chi connectivity index (χ2n) is 5.95. The number of amides is 1. The van der Waals surface area contributed by atoms with Crippen LogP contribution in [0.25, 0.3) is 0 Å². The maximum absolute atomic E-state index is 13.1. The lowest BCUT2D eigenvalue weighted by molar-refractivity contribution is -0.123. The largest absolute Gasteiger partial charge is 0.356 e. The number of benzene rings is 2. The smallest absolute Gasteiger partial charge is 0.220 e. The third-order valence-corrected chi connectivity index (χ3v) is 4.45. The summed E-state index contributed by atoms with van der Waals surface area (Å²) < 4.78 is 13.1. The summed E-state index contributed by atoms with van der Waals surface area (Å²) in [6.07, 6.45) is 2.40. The predicted octanol–water partition coefficient (Wildman–Crippen LogP) is 3.68. The zero-order chi connectivity index (χ0) is 15.4. The number of halogens is 1. The summed E-state index contributed by atoms with van der Waals surface area (Å²) in [7, 11) is 0. The lowest BCUT2D eigenvalue weighted by Crippen LogP contribution is -2.36. The maximum Gasteiger partial charge on any atom is 0.220 e. The van der Waals surface area contributed by atoms with Gasteiger partial charge in [0.25, 0.3) is 0 Å². The van der Waals surface area contributed by atoms with Gasteiger partial charge >= 0.3 is 0 Å². The lowest BCUT2D eigenvalue weighted by Gasteiger charge is -2.30. The highest BCUT2D eigenvalue weighted by Gasteiger charge is 2.28. The molecule has 0 bridgehead atoms. The van der Waals surface area contributed by atoms with Crippen LogP contribution in [0, 0.1) is 11.7 Å². The fourth-order valence-electron chi connectivity index (χ4n) is 3.28. The van der Waals surface area contributed by atoms with E-state index in [0.717, 1.165) is 24.9 Å². The van der Waals surface area contributed by atoms with Gasteiger partial charge in [0, 0.05) is 13.0 Å². The molecule has 2 aromatic carbocycles. The Balaban J connectivity index is 1.85. The van der Waals surface area contributed by atoms with Crippen molar-refractivity contribution >= 4 is 5.91 Å². The lowest BCUT2D eigenvalue weighted by atomic mass is 9.77. The Morgan fingerprint density at radius 1 is 1.09 bits per heavy atom. The Morgan fingerprint density at radius 3 is 2.50 bits per heavy atom. The highest BCUT2D eigenvalue weighted by molar-refractivity contribution is 5.77. The summed E-state index contributed by atoms with van der Waals surface area (Å²) in [5.41, 5.74) is 2.37. The molecule has 1 amide bonds. The summed E-state index contributed by atoms with van der Waals surface area (Å²) in [6.45, 7) is 0.746. The highest BCUT2D eigenvalue weighted by atomic mass is 19.1. The van der Waals surface area contributed by atoms with Crippen LogP contribution < -0.4 is 5.32 Å². The Labute approximate surface area is 130 Å². The average Bonchev–Trinajstić information content (AvgIpc) is 2.55. The van der Waals surface area contributed by atoms with Gasteiger partial charge in [0.2, 0.25) is 5.91 Å². The van der Waals surface area contributed by atoms with Gasteiger partial charge in [-0.2, -0.15) is 0 Å². The molecular formula is C19H20FNO. The minimum absolute atomic E-state index is 0.135. The molecule has 0 aromatic heterocycles. The van der Waals surface area contributed by atoms with Crippen molar-refractivity contribution in [3.8, 4) is 0 Å². The SMILES string of the molecule is O=C1CC([C@H](Cc2ccc(F)cc2)c2ccccc2)CCN1. The second kappa shape index (κ2) is 6.73. The Kier molecular flexibility index (Phi) is 4.52. The zero-order valence-corrected chi connectivity index (χ0v) is 12.5. The average molecular weight is 297 g/mol. The van der Waals surface area contributed by atoms with Crippen molar-refractivity contribution in [1.82, 2.24) is 5.32 Å². The molecule has 0 radical (unpaired) electrons. The van der Waals surface area contributed by atoms with E-state index in [0.29, 0.717) is 12.3 Å². The van der Waals surface area contributed by atoms with Crippen LogP contribution in [0.4, 0.5) is 4.39 Å². The summed E-state index contributed by atoms with van der Waals surface area (Å²) in [5.74, 6) is 0.548. The fourth-order valence-corrected chi connectivity index (χ4v) is 3.28. The normalized spacial score (nSPS) is 19.5. The molecule has 2 nitrogen and oxygen atoms in total. The molecule has 1 saturated heterocycles. The van der Waals surface area contributed by atoms with Crippen LogP contribution >= 0.6 is 0 Å². The van der Waals surface area contributed by atoms with E-state index in [4.69, 9.17) is 0 Å². The molecule has 1 aliphatic heterocycles. The number of piperidine rings is 1. The van der Waals surface area contributed by atoms with Gasteiger partial charge in [0.1, 0.15) is 5.82 Å². The van der Waals surface area contributed by atoms with Crippen molar-refractivity contribution in [2.75, 3.05) is 6.54 Å². The van der Waals surface area contributed by atoms with Crippen molar-refractivity contribution in [1.29, 1.82) is 0 Å². The maximum atomic E-state index is 13.1. The van der Waals surface area contributed by atoms with Crippen LogP contribution in [0.5, 0.6) is 0 Å². The topological polar surface area (TPSA) is 29.1 Å². The van der Waals surface area contributed by atoms with Crippen molar-refractivity contribution in [2.45, 2.75) is 25.2 Å². The molecule has 1 unspecified atom stereocenters. The van der Waals surface area contributed by atoms with E-state index in [9.17, 15) is 9.18 Å². The van der Waals surface area contributed by atoms with Crippen LogP contribution in [0.3, 0.4) is 0 Å². The molecule has 1 N–H and O–H groups in total. The molecule has 0 saturated carbocycles. The van der Waals surface area contributed by atoms with E-state index in [-0.39, 0.29) is 17.6 Å². The van der Waals surface area contributed by atoms with Gasteiger partial charge in [-0.25, -0.2) is 4.39 Å². The van der Waals surface area contributed by atoms with E-state index in [1.54, 1.807) is 0 Å². The molecule has 3 heteroatoms. The molecule has 2 atom stereocenters. The van der Waals surface area contributed by atoms with E-state index >= 15 is 0 Å². The number of carbonyl (C=O) groups excluding carboxylic acids is 1. The van der Waals surface area contributed by atoms with Crippen LogP contribution in [-0.4, -0.2) is 12.5 Å². The number of hydrogen-bond acceptors (Lipinski definition) is 1. The van der Waals surface area contributed by atoms with Gasteiger partial charge in [-0.3, -0.25) is 4.79 Å². The second-order valence-corrected chi connectivity index (χ2v) is 5.95. The molecule has 114 valence electrons. The third-order valence-electron chi connectivity index (χ3n) is 4.45. The van der Waals surface area contributed by atoms with Gasteiger partial charge in [-0.1, -0.05) is 42.5 Å². The van der Waals surface area contributed by atoms with Crippen molar-refractivity contribution < 1.29 is 9.18 Å². The summed E-state index contributed by atoms with van der Waals surface area (Å²) in [6, 6.07) is 17.0. The molecule has 1 heterocycles. The predicted molar refractivity (Wildman–Crippen MR) is 85.0 cm³/mol. The van der Waals surface area contributed by atoms with E-state index < -0.39 is 0 Å². The minimum atomic E-state index is -0.211. The fraction of sp³-hybridized carbons (Fsp3) is 0.316. The summed E-state index contributed by atoms with van der Waals surface area (Å²) >= 11 is 0. The van der Waals surface area contributed by atoms with E-state index in [1.165, 1.54) is 17.7 Å². The standard InChI is InChI=1S/C19H20FNO/c20-17-8-6-14(7-9-17)12-18(15-4-2-1-3-5-15)16-10-11-21-19(22)13-16/h1-9,16,18H,10-13H2,(H,21,22)/t16?,18-/m1/s1. The molecule has 0 aliphatic carbocycles.